The van der Waals surface area contributed by atoms with Crippen LogP contribution in [0.3, 0.4) is 0 Å². The van der Waals surface area contributed by atoms with E-state index in [1.165, 1.54) is 0 Å². The van der Waals surface area contributed by atoms with Gasteiger partial charge >= 0.3 is 0 Å². The molecule has 3 heteroatoms. The minimum atomic E-state index is -0.326. The van der Waals surface area contributed by atoms with Gasteiger partial charge in [0.2, 0.25) is 0 Å². The van der Waals surface area contributed by atoms with Gasteiger partial charge in [0.1, 0.15) is 0 Å². The molecule has 0 aliphatic heterocycles. The fourth-order valence-electron chi connectivity index (χ4n) is 1.47. The van der Waals surface area contributed by atoms with Gasteiger partial charge in [-0.1, -0.05) is 20.3 Å². The summed E-state index contributed by atoms with van der Waals surface area (Å²) in [4.78, 5) is 5.17. The second kappa shape index (κ2) is 4.72. The maximum Gasteiger partial charge on any atom is 0.0926 e. The molecule has 0 saturated carbocycles. The van der Waals surface area contributed by atoms with Crippen molar-refractivity contribution in [3.8, 4) is 0 Å². The summed E-state index contributed by atoms with van der Waals surface area (Å²) >= 11 is 1.55. The van der Waals surface area contributed by atoms with E-state index in [4.69, 9.17) is 0 Å². The van der Waals surface area contributed by atoms with Gasteiger partial charge in [0, 0.05) is 0 Å². The zero-order chi connectivity index (χ0) is 9.84. The van der Waals surface area contributed by atoms with Crippen molar-refractivity contribution in [1.29, 1.82) is 0 Å². The Kier molecular flexibility index (Phi) is 3.88. The Morgan fingerprint density at radius 1 is 1.62 bits per heavy atom. The van der Waals surface area contributed by atoms with E-state index in [0.717, 1.165) is 23.4 Å². The Hall–Kier alpha value is -0.410. The van der Waals surface area contributed by atoms with Crippen molar-refractivity contribution in [1.82, 2.24) is 4.98 Å². The highest BCUT2D eigenvalue weighted by Gasteiger charge is 2.18. The minimum absolute atomic E-state index is 0.326. The molecule has 0 spiro atoms. The van der Waals surface area contributed by atoms with Gasteiger partial charge in [-0.3, -0.25) is 0 Å². The smallest absolute Gasteiger partial charge is 0.0926 e. The molecule has 0 aliphatic carbocycles. The number of aromatic nitrogens is 1. The van der Waals surface area contributed by atoms with Crippen molar-refractivity contribution >= 4 is 11.3 Å². The summed E-state index contributed by atoms with van der Waals surface area (Å²) in [7, 11) is 0. The number of nitrogens with zero attached hydrogens (tertiary/aromatic N) is 1. The van der Waals surface area contributed by atoms with Crippen LogP contribution in [0.15, 0.2) is 5.51 Å². The highest BCUT2D eigenvalue weighted by molar-refractivity contribution is 7.09. The molecule has 2 unspecified atom stereocenters. The Morgan fingerprint density at radius 2 is 2.31 bits per heavy atom. The van der Waals surface area contributed by atoms with Gasteiger partial charge in [0.05, 0.1) is 22.2 Å². The van der Waals surface area contributed by atoms with E-state index in [9.17, 15) is 5.11 Å². The molecule has 1 aromatic rings. The van der Waals surface area contributed by atoms with E-state index < -0.39 is 0 Å². The number of aliphatic hydroxyl groups is 1. The Bertz CT molecular complexity index is 259. The first kappa shape index (κ1) is 10.7. The van der Waals surface area contributed by atoms with Crippen molar-refractivity contribution in [2.75, 3.05) is 0 Å². The van der Waals surface area contributed by atoms with E-state index in [2.05, 4.69) is 18.8 Å². The monoisotopic (exact) mass is 199 g/mol. The second-order valence-corrected chi connectivity index (χ2v) is 4.40. The summed E-state index contributed by atoms with van der Waals surface area (Å²) in [6, 6.07) is 0. The maximum atomic E-state index is 9.96. The lowest BCUT2D eigenvalue weighted by Gasteiger charge is -2.16. The molecule has 0 aromatic carbocycles. The predicted octanol–water partition coefficient (Wildman–Crippen LogP) is 2.92. The summed E-state index contributed by atoms with van der Waals surface area (Å²) in [5, 5.41) is 9.96. The number of hydrogen-bond donors (Lipinski definition) is 1. The average molecular weight is 199 g/mol. The number of thiazole rings is 1. The van der Waals surface area contributed by atoms with Crippen molar-refractivity contribution < 1.29 is 5.11 Å². The van der Waals surface area contributed by atoms with Gasteiger partial charge in [-0.05, 0) is 19.3 Å². The average Bonchev–Trinajstić information content (AvgIpc) is 2.50. The summed E-state index contributed by atoms with van der Waals surface area (Å²) in [5.41, 5.74) is 2.77. The summed E-state index contributed by atoms with van der Waals surface area (Å²) in [5.74, 6) is 0.337. The van der Waals surface area contributed by atoms with Gasteiger partial charge in [-0.15, -0.1) is 11.3 Å². The molecule has 0 amide bonds. The molecular weight excluding hydrogens is 182 g/mol. The summed E-state index contributed by atoms with van der Waals surface area (Å²) < 4.78 is 0. The molecule has 0 bridgehead atoms. The molecule has 1 N–H and O–H groups in total. The molecule has 74 valence electrons. The third-order valence-corrected chi connectivity index (χ3v) is 3.34. The van der Waals surface area contributed by atoms with Crippen LogP contribution >= 0.6 is 11.3 Å². The van der Waals surface area contributed by atoms with Crippen molar-refractivity contribution in [2.24, 2.45) is 5.92 Å². The number of aliphatic hydroxyl groups excluding tert-OH is 1. The minimum Gasteiger partial charge on any atom is -0.387 e. The normalized spacial score (nSPS) is 15.7. The third kappa shape index (κ3) is 2.51. The van der Waals surface area contributed by atoms with Crippen molar-refractivity contribution in [3.05, 3.63) is 16.1 Å². The third-order valence-electron chi connectivity index (χ3n) is 2.33. The van der Waals surface area contributed by atoms with Crippen LogP contribution in [-0.2, 0) is 0 Å². The number of hydrogen-bond acceptors (Lipinski definition) is 3. The lowest BCUT2D eigenvalue weighted by atomic mass is 9.98. The Morgan fingerprint density at radius 3 is 2.77 bits per heavy atom. The predicted molar refractivity (Wildman–Crippen MR) is 55.9 cm³/mol. The van der Waals surface area contributed by atoms with Gasteiger partial charge in [0.15, 0.2) is 0 Å². The zero-order valence-corrected chi connectivity index (χ0v) is 9.27. The molecule has 2 nitrogen and oxygen atoms in total. The molecule has 1 heterocycles. The highest BCUT2D eigenvalue weighted by atomic mass is 32.1. The first-order valence-corrected chi connectivity index (χ1v) is 5.62. The molecule has 1 aromatic heterocycles. The van der Waals surface area contributed by atoms with Crippen LogP contribution in [0.4, 0.5) is 0 Å². The van der Waals surface area contributed by atoms with E-state index in [-0.39, 0.29) is 6.10 Å². The van der Waals surface area contributed by atoms with Crippen LogP contribution in [0, 0.1) is 12.8 Å². The molecule has 1 rings (SSSR count). The van der Waals surface area contributed by atoms with E-state index in [1.807, 2.05) is 6.92 Å². The van der Waals surface area contributed by atoms with Crippen LogP contribution in [0.25, 0.3) is 0 Å². The highest BCUT2D eigenvalue weighted by Crippen LogP contribution is 2.29. The lowest BCUT2D eigenvalue weighted by Crippen LogP contribution is -2.08. The van der Waals surface area contributed by atoms with Crippen LogP contribution in [0.1, 0.15) is 43.4 Å². The second-order valence-electron chi connectivity index (χ2n) is 3.51. The molecule has 13 heavy (non-hydrogen) atoms. The summed E-state index contributed by atoms with van der Waals surface area (Å²) in [6.45, 7) is 6.18. The molecule has 0 aliphatic rings. The quantitative estimate of drug-likeness (QED) is 0.808. The summed E-state index contributed by atoms with van der Waals surface area (Å²) in [6.07, 6.45) is 1.86. The van der Waals surface area contributed by atoms with Crippen LogP contribution in [0.5, 0.6) is 0 Å². The van der Waals surface area contributed by atoms with Crippen LogP contribution < -0.4 is 0 Å². The molecule has 2 atom stereocenters. The van der Waals surface area contributed by atoms with E-state index >= 15 is 0 Å². The lowest BCUT2D eigenvalue weighted by molar-refractivity contribution is 0.115. The van der Waals surface area contributed by atoms with E-state index in [0.29, 0.717) is 5.92 Å². The van der Waals surface area contributed by atoms with Crippen LogP contribution in [0.2, 0.25) is 0 Å². The fraction of sp³-hybridized carbons (Fsp3) is 0.700. The Labute approximate surface area is 83.6 Å². The fourth-order valence-corrected chi connectivity index (χ4v) is 2.39. The van der Waals surface area contributed by atoms with Crippen LogP contribution in [-0.4, -0.2) is 10.1 Å². The molecule has 0 radical (unpaired) electrons. The van der Waals surface area contributed by atoms with Gasteiger partial charge < -0.3 is 5.11 Å². The van der Waals surface area contributed by atoms with Gasteiger partial charge in [-0.2, -0.15) is 0 Å². The molecule has 0 saturated heterocycles. The standard InChI is InChI=1S/C10H17NOS/c1-4-5-7(2)9(12)10-8(3)11-6-13-10/h6-7,9,12H,4-5H2,1-3H3. The van der Waals surface area contributed by atoms with Crippen molar-refractivity contribution in [3.63, 3.8) is 0 Å². The number of rotatable bonds is 4. The topological polar surface area (TPSA) is 33.1 Å². The van der Waals surface area contributed by atoms with Gasteiger partial charge in [-0.25, -0.2) is 4.98 Å². The largest absolute Gasteiger partial charge is 0.387 e. The SMILES string of the molecule is CCCC(C)C(O)c1scnc1C. The Balaban J connectivity index is 2.67. The number of aryl methyl sites for hydroxylation is 1. The molecular formula is C10H17NOS. The first-order valence-electron chi connectivity index (χ1n) is 4.74. The van der Waals surface area contributed by atoms with Crippen molar-refractivity contribution in [2.45, 2.75) is 39.7 Å². The maximum absolute atomic E-state index is 9.96. The van der Waals surface area contributed by atoms with Gasteiger partial charge in [0.25, 0.3) is 0 Å². The zero-order valence-electron chi connectivity index (χ0n) is 8.45. The molecule has 0 fully saturated rings. The van der Waals surface area contributed by atoms with E-state index in [1.54, 1.807) is 16.8 Å². The first-order chi connectivity index (χ1) is 6.16.